The first-order valence-corrected chi connectivity index (χ1v) is 11.2. The lowest BCUT2D eigenvalue weighted by Gasteiger charge is -2.31. The molecule has 1 aliphatic heterocycles. The number of benzene rings is 1. The van der Waals surface area contributed by atoms with E-state index in [0.29, 0.717) is 0 Å². The van der Waals surface area contributed by atoms with Crippen LogP contribution in [-0.2, 0) is 29.1 Å². The molecule has 1 aromatic carbocycles. The van der Waals surface area contributed by atoms with Gasteiger partial charge in [-0.1, -0.05) is 17.7 Å². The predicted octanol–water partition coefficient (Wildman–Crippen LogP) is -0.742. The van der Waals surface area contributed by atoms with E-state index >= 15 is 0 Å². The number of nitrogens with one attached hydrogen (secondary N) is 2. The first-order chi connectivity index (χ1) is 14.6. The summed E-state index contributed by atoms with van der Waals surface area (Å²) in [5.74, 6) is -1.28. The number of nitrogens with zero attached hydrogens (tertiary/aromatic N) is 2. The quantitative estimate of drug-likeness (QED) is 0.239. The predicted molar refractivity (Wildman–Crippen MR) is 112 cm³/mol. The molecule has 0 bridgehead atoms. The van der Waals surface area contributed by atoms with Gasteiger partial charge in [-0.05, 0) is 32.4 Å². The van der Waals surface area contributed by atoms with Crippen molar-refractivity contribution in [3.63, 3.8) is 0 Å². The van der Waals surface area contributed by atoms with Crippen LogP contribution in [0.2, 0.25) is 0 Å². The van der Waals surface area contributed by atoms with E-state index in [1.165, 1.54) is 12.1 Å². The Hall–Kier alpha value is -2.99. The lowest BCUT2D eigenvalue weighted by Crippen LogP contribution is -2.59. The van der Waals surface area contributed by atoms with E-state index in [9.17, 15) is 22.8 Å². The summed E-state index contributed by atoms with van der Waals surface area (Å²) in [6.45, 7) is 2.89. The molecule has 0 aromatic heterocycles. The van der Waals surface area contributed by atoms with Crippen molar-refractivity contribution in [3.05, 3.63) is 29.8 Å². The van der Waals surface area contributed by atoms with Crippen molar-refractivity contribution in [2.75, 3.05) is 26.4 Å². The Kier molecular flexibility index (Phi) is 8.51. The first kappa shape index (κ1) is 24.3. The van der Waals surface area contributed by atoms with E-state index in [-0.39, 0.29) is 49.9 Å². The van der Waals surface area contributed by atoms with Crippen LogP contribution in [0.3, 0.4) is 0 Å². The van der Waals surface area contributed by atoms with Gasteiger partial charge in [0.2, 0.25) is 21.8 Å². The monoisotopic (exact) mass is 453 g/mol. The van der Waals surface area contributed by atoms with Gasteiger partial charge in [-0.2, -0.15) is 4.72 Å². The summed E-state index contributed by atoms with van der Waals surface area (Å²) in [5, 5.41) is 2.56. The van der Waals surface area contributed by atoms with E-state index in [0.717, 1.165) is 10.5 Å². The lowest BCUT2D eigenvalue weighted by atomic mass is 10.1. The molecule has 1 aliphatic rings. The fourth-order valence-electron chi connectivity index (χ4n) is 2.86. The molecule has 1 heterocycles. The van der Waals surface area contributed by atoms with Crippen molar-refractivity contribution in [1.29, 1.82) is 0 Å². The largest absolute Gasteiger partial charge is 0.465 e. The Balaban J connectivity index is 1.87. The minimum Gasteiger partial charge on any atom is -0.465 e. The van der Waals surface area contributed by atoms with Crippen molar-refractivity contribution in [3.8, 4) is 0 Å². The minimum atomic E-state index is -3.72. The van der Waals surface area contributed by atoms with E-state index in [4.69, 9.17) is 10.5 Å². The maximum Gasteiger partial charge on any atom is 0.325 e. The van der Waals surface area contributed by atoms with Gasteiger partial charge in [0.05, 0.1) is 17.3 Å². The highest BCUT2D eigenvalue weighted by Gasteiger charge is 2.33. The van der Waals surface area contributed by atoms with Gasteiger partial charge in [0.25, 0.3) is 0 Å². The second-order valence-electron chi connectivity index (χ2n) is 6.93. The van der Waals surface area contributed by atoms with Gasteiger partial charge in [-0.25, -0.2) is 8.42 Å². The van der Waals surface area contributed by atoms with Crippen LogP contribution in [0.4, 0.5) is 0 Å². The number of hydrogen-bond donors (Lipinski definition) is 3. The lowest BCUT2D eigenvalue weighted by molar-refractivity contribution is -0.153. The highest BCUT2D eigenvalue weighted by molar-refractivity contribution is 7.89. The van der Waals surface area contributed by atoms with Crippen LogP contribution < -0.4 is 15.8 Å². The van der Waals surface area contributed by atoms with Crippen LogP contribution in [0.25, 0.3) is 0 Å². The molecular formula is C19H27N5O6S. The smallest absolute Gasteiger partial charge is 0.325 e. The van der Waals surface area contributed by atoms with Gasteiger partial charge in [-0.3, -0.25) is 19.4 Å². The summed E-state index contributed by atoms with van der Waals surface area (Å²) in [6, 6.07) is 5.50. The summed E-state index contributed by atoms with van der Waals surface area (Å²) >= 11 is 0. The molecule has 11 nitrogen and oxygen atoms in total. The fraction of sp³-hybridized carbons (Fsp3) is 0.474. The van der Waals surface area contributed by atoms with E-state index in [2.05, 4.69) is 15.0 Å². The molecule has 0 spiro atoms. The Morgan fingerprint density at radius 3 is 2.65 bits per heavy atom. The first-order valence-electron chi connectivity index (χ1n) is 9.71. The number of amides is 2. The van der Waals surface area contributed by atoms with Crippen LogP contribution in [0.15, 0.2) is 34.2 Å². The Morgan fingerprint density at radius 1 is 1.32 bits per heavy atom. The third-order valence-electron chi connectivity index (χ3n) is 4.46. The highest BCUT2D eigenvalue weighted by atomic mass is 32.2. The number of sulfonamides is 1. The normalized spacial score (nSPS) is 17.4. The van der Waals surface area contributed by atoms with Crippen molar-refractivity contribution < 1.29 is 27.5 Å². The van der Waals surface area contributed by atoms with Crippen molar-refractivity contribution >= 4 is 33.6 Å². The van der Waals surface area contributed by atoms with Crippen molar-refractivity contribution in [1.82, 2.24) is 14.9 Å². The Labute approximate surface area is 181 Å². The minimum absolute atomic E-state index is 0.115. The van der Waals surface area contributed by atoms with E-state index in [1.54, 1.807) is 19.1 Å². The van der Waals surface area contributed by atoms with Crippen LogP contribution in [0, 0.1) is 6.92 Å². The average Bonchev–Trinajstić information content (AvgIpc) is 2.69. The summed E-state index contributed by atoms with van der Waals surface area (Å²) in [6.07, 6.45) is 0.306. The number of aliphatic imine (C=N–C) groups is 1. The van der Waals surface area contributed by atoms with Crippen LogP contribution >= 0.6 is 0 Å². The number of carbonyl (C=O) groups is 3. The molecule has 2 rings (SSSR count). The Morgan fingerprint density at radius 2 is 2.00 bits per heavy atom. The molecule has 0 aliphatic carbocycles. The number of nitrogens with two attached hydrogens (primary N) is 1. The fourth-order valence-corrected chi connectivity index (χ4v) is 3.75. The van der Waals surface area contributed by atoms with Crippen LogP contribution in [0.1, 0.15) is 25.3 Å². The van der Waals surface area contributed by atoms with E-state index < -0.39 is 33.8 Å². The number of ether oxygens (including phenoxy) is 1. The molecule has 12 heteroatoms. The van der Waals surface area contributed by atoms with E-state index in [1.807, 2.05) is 6.92 Å². The van der Waals surface area contributed by atoms with Gasteiger partial charge in [0.15, 0.2) is 0 Å². The Bertz CT molecular complexity index is 945. The molecule has 4 N–H and O–H groups in total. The third-order valence-corrected chi connectivity index (χ3v) is 5.86. The summed E-state index contributed by atoms with van der Waals surface area (Å²) in [5.41, 5.74) is 6.75. The molecule has 0 unspecified atom stereocenters. The number of amidine groups is 1. The van der Waals surface area contributed by atoms with Crippen LogP contribution in [0.5, 0.6) is 0 Å². The molecule has 2 amide bonds. The number of aryl methyl sites for hydroxylation is 1. The standard InChI is InChI=1S/C19H27N5O6S/c1-3-30-18(26)11-24-10-17(25)23-15(19(24)27)8-9-16(20)21-12-22-31(28,29)14-6-4-13(2)5-7-14/h4-7,15,22H,3,8-12H2,1-2H3,(H2,20,21)(H,23,25)/t15-/m0/s1. The molecule has 1 aromatic rings. The zero-order chi connectivity index (χ0) is 23.0. The molecule has 1 saturated heterocycles. The summed E-state index contributed by atoms with van der Waals surface area (Å²) < 4.78 is 31.6. The molecule has 1 fully saturated rings. The number of hydrogen-bond acceptors (Lipinski definition) is 7. The van der Waals surface area contributed by atoms with Crippen molar-refractivity contribution in [2.24, 2.45) is 10.7 Å². The number of carbonyl (C=O) groups excluding carboxylic acids is 3. The summed E-state index contributed by atoms with van der Waals surface area (Å²) in [4.78, 5) is 41.2. The zero-order valence-corrected chi connectivity index (χ0v) is 18.3. The average molecular weight is 454 g/mol. The van der Waals surface area contributed by atoms with Gasteiger partial charge in [-0.15, -0.1) is 0 Å². The maximum atomic E-state index is 12.5. The second kappa shape index (κ2) is 10.9. The molecule has 0 radical (unpaired) electrons. The molecule has 1 atom stereocenters. The third kappa shape index (κ3) is 7.33. The molecule has 0 saturated carbocycles. The van der Waals surface area contributed by atoms with Gasteiger partial charge >= 0.3 is 5.97 Å². The van der Waals surface area contributed by atoms with Gasteiger partial charge in [0, 0.05) is 6.42 Å². The SMILES string of the molecule is CCOC(=O)CN1CC(=O)N[C@@H](CC/C(N)=N/CNS(=O)(=O)c2ccc(C)cc2)C1=O. The number of piperazine rings is 1. The second-order valence-corrected chi connectivity index (χ2v) is 8.69. The highest BCUT2D eigenvalue weighted by Crippen LogP contribution is 2.10. The van der Waals surface area contributed by atoms with Crippen LogP contribution in [-0.4, -0.2) is 69.3 Å². The molecule has 31 heavy (non-hydrogen) atoms. The number of rotatable bonds is 10. The number of esters is 1. The van der Waals surface area contributed by atoms with Gasteiger partial charge < -0.3 is 20.7 Å². The topological polar surface area (TPSA) is 160 Å². The van der Waals surface area contributed by atoms with Crippen molar-refractivity contribution in [2.45, 2.75) is 37.6 Å². The maximum absolute atomic E-state index is 12.5. The molecular weight excluding hydrogens is 426 g/mol. The van der Waals surface area contributed by atoms with Gasteiger partial charge in [0.1, 0.15) is 25.8 Å². The molecule has 170 valence electrons. The zero-order valence-electron chi connectivity index (χ0n) is 17.5. The summed E-state index contributed by atoms with van der Waals surface area (Å²) in [7, 11) is -3.72.